The van der Waals surface area contributed by atoms with Gasteiger partial charge in [0, 0.05) is 0 Å². The summed E-state index contributed by atoms with van der Waals surface area (Å²) < 4.78 is 51.3. The lowest BCUT2D eigenvalue weighted by atomic mass is 10.3. The number of hydrogen-bond acceptors (Lipinski definition) is 5. The maximum atomic E-state index is 11.5. The third-order valence-corrected chi connectivity index (χ3v) is 4.43. The van der Waals surface area contributed by atoms with Crippen molar-refractivity contribution in [2.24, 2.45) is 10.3 Å². The van der Waals surface area contributed by atoms with E-state index in [2.05, 4.69) is 0 Å². The van der Waals surface area contributed by atoms with Crippen molar-refractivity contribution < 1.29 is 21.6 Å². The van der Waals surface area contributed by atoms with Crippen LogP contribution in [0.25, 0.3) is 0 Å². The van der Waals surface area contributed by atoms with Crippen LogP contribution in [-0.2, 0) is 20.0 Å². The molecule has 0 saturated heterocycles. The molecule has 0 heterocycles. The Hall–Kier alpha value is -1.94. The molecule has 2 aromatic rings. The van der Waals surface area contributed by atoms with E-state index in [-0.39, 0.29) is 21.3 Å². The average Bonchev–Trinajstić information content (AvgIpc) is 2.37. The zero-order chi connectivity index (χ0) is 15.7. The van der Waals surface area contributed by atoms with Crippen LogP contribution in [0, 0.1) is 0 Å². The van der Waals surface area contributed by atoms with E-state index in [9.17, 15) is 16.8 Å². The minimum atomic E-state index is -4.01. The Labute approximate surface area is 122 Å². The molecular formula is C12H12N2O5S2. The van der Waals surface area contributed by atoms with Crippen molar-refractivity contribution in [3.05, 3.63) is 48.5 Å². The second-order valence-electron chi connectivity index (χ2n) is 4.09. The largest absolute Gasteiger partial charge is 0.455 e. The summed E-state index contributed by atoms with van der Waals surface area (Å²) in [5.74, 6) is -0.174. The number of rotatable bonds is 4. The maximum Gasteiger partial charge on any atom is 0.241 e. The summed E-state index contributed by atoms with van der Waals surface area (Å²) in [4.78, 5) is -0.511. The van der Waals surface area contributed by atoms with Crippen molar-refractivity contribution in [2.75, 3.05) is 0 Å². The van der Waals surface area contributed by atoms with Gasteiger partial charge in [0.1, 0.15) is 21.3 Å². The highest BCUT2D eigenvalue weighted by Gasteiger charge is 2.19. The molecule has 0 atom stereocenters. The van der Waals surface area contributed by atoms with Crippen LogP contribution in [0.15, 0.2) is 58.3 Å². The topological polar surface area (TPSA) is 130 Å². The van der Waals surface area contributed by atoms with Crippen molar-refractivity contribution in [1.82, 2.24) is 0 Å². The molecule has 0 spiro atoms. The van der Waals surface area contributed by atoms with Gasteiger partial charge in [-0.2, -0.15) is 0 Å². The minimum Gasteiger partial charge on any atom is -0.455 e. The number of primary sulfonamides is 2. The first-order valence-electron chi connectivity index (χ1n) is 5.61. The number of nitrogens with two attached hydrogens (primary N) is 2. The number of benzene rings is 2. The second kappa shape index (κ2) is 5.45. The lowest BCUT2D eigenvalue weighted by molar-refractivity contribution is 0.454. The molecular weight excluding hydrogens is 316 g/mol. The highest BCUT2D eigenvalue weighted by molar-refractivity contribution is 7.89. The Bertz CT molecular complexity index is 803. The van der Waals surface area contributed by atoms with E-state index in [0.717, 1.165) is 0 Å². The smallest absolute Gasteiger partial charge is 0.241 e. The van der Waals surface area contributed by atoms with Crippen LogP contribution >= 0.6 is 0 Å². The second-order valence-corrected chi connectivity index (χ2v) is 7.15. The lowest BCUT2D eigenvalue weighted by Crippen LogP contribution is -2.15. The fourth-order valence-corrected chi connectivity index (χ4v) is 2.97. The van der Waals surface area contributed by atoms with Crippen molar-refractivity contribution in [2.45, 2.75) is 9.79 Å². The molecule has 0 unspecified atom stereocenters. The highest BCUT2D eigenvalue weighted by Crippen LogP contribution is 2.31. The summed E-state index contributed by atoms with van der Waals surface area (Å²) >= 11 is 0. The van der Waals surface area contributed by atoms with Gasteiger partial charge in [0.2, 0.25) is 20.0 Å². The number of para-hydroxylation sites is 2. The van der Waals surface area contributed by atoms with Crippen molar-refractivity contribution in [3.8, 4) is 11.5 Å². The predicted octanol–water partition coefficient (Wildman–Crippen LogP) is 0.774. The molecule has 2 rings (SSSR count). The fourth-order valence-electron chi connectivity index (χ4n) is 1.66. The van der Waals surface area contributed by atoms with Gasteiger partial charge in [-0.25, -0.2) is 27.1 Å². The minimum absolute atomic E-state index is 0.0869. The van der Waals surface area contributed by atoms with Gasteiger partial charge in [0.05, 0.1) is 0 Å². The molecule has 112 valence electrons. The van der Waals surface area contributed by atoms with Crippen LogP contribution in [0.4, 0.5) is 0 Å². The Morgan fingerprint density at radius 3 is 1.33 bits per heavy atom. The van der Waals surface area contributed by atoms with Gasteiger partial charge in [-0.05, 0) is 24.3 Å². The standard InChI is InChI=1S/C12H12N2O5S2/c13-20(15,16)11-7-3-1-5-9(11)19-10-6-2-4-8-12(10)21(14,17)18/h1-8H,(H2,13,15,16)(H2,14,17,18). The molecule has 21 heavy (non-hydrogen) atoms. The van der Waals surface area contributed by atoms with Crippen molar-refractivity contribution in [1.29, 1.82) is 0 Å². The molecule has 7 nitrogen and oxygen atoms in total. The first kappa shape index (κ1) is 15.4. The lowest BCUT2D eigenvalue weighted by Gasteiger charge is -2.12. The Morgan fingerprint density at radius 1 is 0.667 bits per heavy atom. The van der Waals surface area contributed by atoms with Gasteiger partial charge in [-0.1, -0.05) is 24.3 Å². The van der Waals surface area contributed by atoms with E-state index in [1.807, 2.05) is 0 Å². The van der Waals surface area contributed by atoms with Crippen LogP contribution in [0.2, 0.25) is 0 Å². The third kappa shape index (κ3) is 3.58. The maximum absolute atomic E-state index is 11.5. The summed E-state index contributed by atoms with van der Waals surface area (Å²) in [6.45, 7) is 0. The molecule has 0 saturated carbocycles. The van der Waals surface area contributed by atoms with Gasteiger partial charge in [-0.3, -0.25) is 0 Å². The molecule has 0 bridgehead atoms. The average molecular weight is 328 g/mol. The van der Waals surface area contributed by atoms with Crippen LogP contribution in [0.1, 0.15) is 0 Å². The Morgan fingerprint density at radius 2 is 1.00 bits per heavy atom. The number of sulfonamides is 2. The zero-order valence-electron chi connectivity index (χ0n) is 10.6. The molecule has 0 aliphatic heterocycles. The molecule has 0 aromatic heterocycles. The monoisotopic (exact) mass is 328 g/mol. The molecule has 0 radical (unpaired) electrons. The Balaban J connectivity index is 2.56. The molecule has 9 heteroatoms. The molecule has 0 aliphatic carbocycles. The van der Waals surface area contributed by atoms with Gasteiger partial charge in [0.25, 0.3) is 0 Å². The molecule has 0 fully saturated rings. The van der Waals surface area contributed by atoms with Gasteiger partial charge < -0.3 is 4.74 Å². The number of hydrogen-bond donors (Lipinski definition) is 2. The van der Waals surface area contributed by atoms with Crippen LogP contribution < -0.4 is 15.0 Å². The van der Waals surface area contributed by atoms with Crippen molar-refractivity contribution >= 4 is 20.0 Å². The first-order chi connectivity index (χ1) is 9.69. The molecule has 0 amide bonds. The van der Waals surface area contributed by atoms with E-state index in [4.69, 9.17) is 15.0 Å². The summed E-state index contributed by atoms with van der Waals surface area (Å²) in [5.41, 5.74) is 0. The summed E-state index contributed by atoms with van der Waals surface area (Å²) in [5, 5.41) is 10.2. The van der Waals surface area contributed by atoms with E-state index in [0.29, 0.717) is 0 Å². The zero-order valence-corrected chi connectivity index (χ0v) is 12.3. The summed E-state index contributed by atoms with van der Waals surface area (Å²) in [7, 11) is -8.02. The van der Waals surface area contributed by atoms with Gasteiger partial charge in [-0.15, -0.1) is 0 Å². The van der Waals surface area contributed by atoms with E-state index in [1.54, 1.807) is 0 Å². The number of ether oxygens (including phenoxy) is 1. The first-order valence-corrected chi connectivity index (χ1v) is 8.70. The van der Waals surface area contributed by atoms with Crippen molar-refractivity contribution in [3.63, 3.8) is 0 Å². The summed E-state index contributed by atoms with van der Waals surface area (Å²) in [6.07, 6.45) is 0. The van der Waals surface area contributed by atoms with Crippen LogP contribution in [-0.4, -0.2) is 16.8 Å². The highest BCUT2D eigenvalue weighted by atomic mass is 32.2. The molecule has 2 aromatic carbocycles. The SMILES string of the molecule is NS(=O)(=O)c1ccccc1Oc1ccccc1S(N)(=O)=O. The van der Waals surface area contributed by atoms with E-state index in [1.165, 1.54) is 48.5 Å². The molecule has 4 N–H and O–H groups in total. The van der Waals surface area contributed by atoms with E-state index < -0.39 is 20.0 Å². The quantitative estimate of drug-likeness (QED) is 0.856. The van der Waals surface area contributed by atoms with Crippen LogP contribution in [0.5, 0.6) is 11.5 Å². The fraction of sp³-hybridized carbons (Fsp3) is 0. The van der Waals surface area contributed by atoms with E-state index >= 15 is 0 Å². The Kier molecular flexibility index (Phi) is 4.01. The van der Waals surface area contributed by atoms with Crippen LogP contribution in [0.3, 0.4) is 0 Å². The predicted molar refractivity (Wildman–Crippen MR) is 75.7 cm³/mol. The molecule has 0 aliphatic rings. The van der Waals surface area contributed by atoms with Gasteiger partial charge in [0.15, 0.2) is 0 Å². The summed E-state index contributed by atoms with van der Waals surface area (Å²) in [6, 6.07) is 11.2. The normalized spacial score (nSPS) is 12.1. The van der Waals surface area contributed by atoms with Gasteiger partial charge >= 0.3 is 0 Å². The third-order valence-electron chi connectivity index (χ3n) is 2.53.